The molecule has 0 aliphatic heterocycles. The summed E-state index contributed by atoms with van der Waals surface area (Å²) in [5.41, 5.74) is 9.54. The fourth-order valence-electron chi connectivity index (χ4n) is 2.54. The molecule has 7 heteroatoms. The second-order valence-corrected chi connectivity index (χ2v) is 8.06. The van der Waals surface area contributed by atoms with Crippen molar-refractivity contribution in [3.05, 3.63) is 47.8 Å². The predicted molar refractivity (Wildman–Crippen MR) is 108 cm³/mol. The number of aryl methyl sites for hydroxylation is 1. The second-order valence-electron chi connectivity index (χ2n) is 7.07. The normalized spacial score (nSPS) is 11.4. The lowest BCUT2D eigenvalue weighted by Gasteiger charge is -2.18. The zero-order chi connectivity index (χ0) is 18.9. The van der Waals surface area contributed by atoms with Gasteiger partial charge in [0.1, 0.15) is 5.01 Å². The summed E-state index contributed by atoms with van der Waals surface area (Å²) in [5, 5.41) is 10.9. The molecule has 2 aromatic heterocycles. The summed E-state index contributed by atoms with van der Waals surface area (Å²) in [6, 6.07) is 10.4. The van der Waals surface area contributed by atoms with Crippen LogP contribution in [0.25, 0.3) is 21.1 Å². The number of nitrogens with zero attached hydrogens (tertiary/aromatic N) is 3. The number of anilines is 1. The van der Waals surface area contributed by atoms with Crippen molar-refractivity contribution in [3.63, 3.8) is 0 Å². The van der Waals surface area contributed by atoms with E-state index in [4.69, 9.17) is 16.1 Å². The summed E-state index contributed by atoms with van der Waals surface area (Å²) >= 11 is 1.59. The number of benzene rings is 1. The molecule has 26 heavy (non-hydrogen) atoms. The molecule has 0 bridgehead atoms. The Morgan fingerprint density at radius 3 is 2.42 bits per heavy atom. The molecule has 0 radical (unpaired) electrons. The molecule has 0 saturated heterocycles. The first kappa shape index (κ1) is 18.0. The van der Waals surface area contributed by atoms with E-state index in [9.17, 15) is 0 Å². The monoisotopic (exact) mass is 366 g/mol. The molecule has 0 spiro atoms. The maximum absolute atomic E-state index is 7.30. The first-order chi connectivity index (χ1) is 12.2. The van der Waals surface area contributed by atoms with Crippen LogP contribution in [-0.2, 0) is 5.41 Å². The van der Waals surface area contributed by atoms with Crippen LogP contribution in [0.1, 0.15) is 32.0 Å². The summed E-state index contributed by atoms with van der Waals surface area (Å²) in [7, 11) is 0. The number of thiazole rings is 1. The van der Waals surface area contributed by atoms with E-state index < -0.39 is 0 Å². The SMILES string of the molecule is Cc1nc(-c2ccc(C(C)(C)C)cc2)sc1-c1ccnc(NC(=N)N)n1. The van der Waals surface area contributed by atoms with E-state index in [2.05, 4.69) is 60.3 Å². The quantitative estimate of drug-likeness (QED) is 0.477. The third-order valence-corrected chi connectivity index (χ3v) is 5.16. The van der Waals surface area contributed by atoms with E-state index in [0.717, 1.165) is 26.8 Å². The van der Waals surface area contributed by atoms with Crippen molar-refractivity contribution in [2.45, 2.75) is 33.1 Å². The van der Waals surface area contributed by atoms with Crippen LogP contribution in [0.3, 0.4) is 0 Å². The fourth-order valence-corrected chi connectivity index (χ4v) is 3.58. The predicted octanol–water partition coefficient (Wildman–Crippen LogP) is 4.18. The minimum atomic E-state index is -0.192. The van der Waals surface area contributed by atoms with E-state index in [-0.39, 0.29) is 11.4 Å². The zero-order valence-electron chi connectivity index (χ0n) is 15.3. The minimum absolute atomic E-state index is 0.129. The van der Waals surface area contributed by atoms with E-state index in [1.807, 2.05) is 13.0 Å². The highest BCUT2D eigenvalue weighted by atomic mass is 32.1. The average Bonchev–Trinajstić information content (AvgIpc) is 2.96. The first-order valence-corrected chi connectivity index (χ1v) is 9.08. The molecule has 0 fully saturated rings. The second kappa shape index (κ2) is 6.84. The van der Waals surface area contributed by atoms with Crippen LogP contribution < -0.4 is 11.1 Å². The highest BCUT2D eigenvalue weighted by Gasteiger charge is 2.16. The van der Waals surface area contributed by atoms with E-state index in [1.165, 1.54) is 5.56 Å². The molecule has 0 aliphatic rings. The third-order valence-electron chi connectivity index (χ3n) is 3.93. The number of nitrogens with two attached hydrogens (primary N) is 1. The fraction of sp³-hybridized carbons (Fsp3) is 0.263. The Morgan fingerprint density at radius 2 is 1.81 bits per heavy atom. The Bertz CT molecular complexity index is 937. The van der Waals surface area contributed by atoms with Gasteiger partial charge in [-0.15, -0.1) is 11.3 Å². The number of nitrogens with one attached hydrogen (secondary N) is 2. The van der Waals surface area contributed by atoms with Gasteiger partial charge in [-0.2, -0.15) is 0 Å². The maximum Gasteiger partial charge on any atom is 0.230 e. The molecule has 6 nitrogen and oxygen atoms in total. The van der Waals surface area contributed by atoms with Crippen LogP contribution in [0.5, 0.6) is 0 Å². The van der Waals surface area contributed by atoms with Crippen molar-refractivity contribution in [2.75, 3.05) is 5.32 Å². The van der Waals surface area contributed by atoms with Crippen molar-refractivity contribution in [1.29, 1.82) is 5.41 Å². The average molecular weight is 366 g/mol. The van der Waals surface area contributed by atoms with Crippen LogP contribution in [0.2, 0.25) is 0 Å². The van der Waals surface area contributed by atoms with Crippen molar-refractivity contribution < 1.29 is 0 Å². The summed E-state index contributed by atoms with van der Waals surface area (Å²) in [4.78, 5) is 14.2. The Kier molecular flexibility index (Phi) is 4.73. The molecular weight excluding hydrogens is 344 g/mol. The Labute approximate surface area is 157 Å². The van der Waals surface area contributed by atoms with Gasteiger partial charge in [-0.05, 0) is 24.0 Å². The lowest BCUT2D eigenvalue weighted by atomic mass is 9.87. The summed E-state index contributed by atoms with van der Waals surface area (Å²) < 4.78 is 0. The smallest absolute Gasteiger partial charge is 0.230 e. The molecule has 0 saturated carbocycles. The van der Waals surface area contributed by atoms with Gasteiger partial charge in [-0.3, -0.25) is 10.7 Å². The molecular formula is C19H22N6S. The van der Waals surface area contributed by atoms with Gasteiger partial charge in [0.2, 0.25) is 5.95 Å². The van der Waals surface area contributed by atoms with Crippen LogP contribution in [-0.4, -0.2) is 20.9 Å². The minimum Gasteiger partial charge on any atom is -0.370 e. The molecule has 0 atom stereocenters. The molecule has 4 N–H and O–H groups in total. The van der Waals surface area contributed by atoms with Gasteiger partial charge in [0.15, 0.2) is 5.96 Å². The number of rotatable bonds is 3. The van der Waals surface area contributed by atoms with Gasteiger partial charge in [-0.25, -0.2) is 15.0 Å². The van der Waals surface area contributed by atoms with Gasteiger partial charge < -0.3 is 5.73 Å². The number of hydrogen-bond acceptors (Lipinski definition) is 5. The Balaban J connectivity index is 1.93. The highest BCUT2D eigenvalue weighted by molar-refractivity contribution is 7.18. The third kappa shape index (κ3) is 3.88. The standard InChI is InChI=1S/C19H22N6S/c1-11-15(14-9-10-22-18(24-14)25-17(20)21)26-16(23-11)12-5-7-13(8-6-12)19(2,3)4/h5-10H,1-4H3,(H4,20,21,22,24,25). The van der Waals surface area contributed by atoms with Crippen molar-refractivity contribution >= 4 is 23.2 Å². The molecule has 0 aliphatic carbocycles. The zero-order valence-corrected chi connectivity index (χ0v) is 16.1. The maximum atomic E-state index is 7.30. The number of aromatic nitrogens is 3. The van der Waals surface area contributed by atoms with Crippen LogP contribution >= 0.6 is 11.3 Å². The van der Waals surface area contributed by atoms with E-state index in [1.54, 1.807) is 17.5 Å². The van der Waals surface area contributed by atoms with Gasteiger partial charge in [0, 0.05) is 11.8 Å². The largest absolute Gasteiger partial charge is 0.370 e. The molecule has 3 aromatic rings. The molecule has 0 unspecified atom stereocenters. The lowest BCUT2D eigenvalue weighted by molar-refractivity contribution is 0.590. The molecule has 2 heterocycles. The number of guanidine groups is 1. The van der Waals surface area contributed by atoms with Gasteiger partial charge in [0.05, 0.1) is 16.3 Å². The summed E-state index contributed by atoms with van der Waals surface area (Å²) in [5.74, 6) is 0.113. The Hall–Kier alpha value is -2.80. The van der Waals surface area contributed by atoms with Gasteiger partial charge in [-0.1, -0.05) is 45.0 Å². The van der Waals surface area contributed by atoms with Crippen LogP contribution in [0.15, 0.2) is 36.5 Å². The first-order valence-electron chi connectivity index (χ1n) is 8.27. The molecule has 0 amide bonds. The molecule has 1 aromatic carbocycles. The Morgan fingerprint density at radius 1 is 1.12 bits per heavy atom. The highest BCUT2D eigenvalue weighted by Crippen LogP contribution is 2.35. The van der Waals surface area contributed by atoms with Crippen LogP contribution in [0, 0.1) is 12.3 Å². The van der Waals surface area contributed by atoms with E-state index >= 15 is 0 Å². The van der Waals surface area contributed by atoms with Crippen molar-refractivity contribution in [2.24, 2.45) is 5.73 Å². The summed E-state index contributed by atoms with van der Waals surface area (Å²) in [6.45, 7) is 8.58. The topological polar surface area (TPSA) is 101 Å². The van der Waals surface area contributed by atoms with E-state index in [0.29, 0.717) is 5.95 Å². The van der Waals surface area contributed by atoms with Crippen molar-refractivity contribution in [3.8, 4) is 21.1 Å². The van der Waals surface area contributed by atoms with Gasteiger partial charge in [0.25, 0.3) is 0 Å². The number of hydrogen-bond donors (Lipinski definition) is 3. The van der Waals surface area contributed by atoms with Gasteiger partial charge >= 0.3 is 0 Å². The summed E-state index contributed by atoms with van der Waals surface area (Å²) in [6.07, 6.45) is 1.64. The lowest BCUT2D eigenvalue weighted by Crippen LogP contribution is -2.21. The van der Waals surface area contributed by atoms with Crippen molar-refractivity contribution in [1.82, 2.24) is 15.0 Å². The molecule has 134 valence electrons. The van der Waals surface area contributed by atoms with Crippen LogP contribution in [0.4, 0.5) is 5.95 Å². The molecule has 3 rings (SSSR count).